The summed E-state index contributed by atoms with van der Waals surface area (Å²) >= 11 is 0. The summed E-state index contributed by atoms with van der Waals surface area (Å²) in [5.41, 5.74) is 2.54. The molecule has 0 spiro atoms. The molecule has 1 heterocycles. The summed E-state index contributed by atoms with van der Waals surface area (Å²) in [7, 11) is -2.99. The van der Waals surface area contributed by atoms with Crippen LogP contribution in [0.5, 0.6) is 11.5 Å². The molecule has 0 unspecified atom stereocenters. The van der Waals surface area contributed by atoms with Crippen LogP contribution >= 0.6 is 0 Å². The van der Waals surface area contributed by atoms with Gasteiger partial charge in [0.25, 0.3) is 0 Å². The lowest BCUT2D eigenvalue weighted by atomic mass is 10.1. The SMILES string of the molecule is O=C(C[C@H]1CCS(=O)(=O)C1)N/N=C/c1cccc(O)c1O. The lowest BCUT2D eigenvalue weighted by molar-refractivity contribution is -0.121. The van der Waals surface area contributed by atoms with Crippen LogP contribution < -0.4 is 5.43 Å². The number of nitrogens with one attached hydrogen (secondary N) is 1. The van der Waals surface area contributed by atoms with Gasteiger partial charge in [0.05, 0.1) is 17.7 Å². The van der Waals surface area contributed by atoms with Gasteiger partial charge in [-0.05, 0) is 24.5 Å². The quantitative estimate of drug-likeness (QED) is 0.422. The van der Waals surface area contributed by atoms with Crippen molar-refractivity contribution in [3.05, 3.63) is 23.8 Å². The third kappa shape index (κ3) is 4.19. The first kappa shape index (κ1) is 15.3. The Kier molecular flexibility index (Phi) is 4.46. The van der Waals surface area contributed by atoms with Crippen molar-refractivity contribution in [1.29, 1.82) is 0 Å². The molecule has 0 bridgehead atoms. The smallest absolute Gasteiger partial charge is 0.240 e. The highest BCUT2D eigenvalue weighted by Gasteiger charge is 2.29. The molecular formula is C13H16N2O5S. The molecule has 0 aromatic heterocycles. The van der Waals surface area contributed by atoms with E-state index >= 15 is 0 Å². The number of rotatable bonds is 4. The molecule has 21 heavy (non-hydrogen) atoms. The number of carbonyl (C=O) groups excluding carboxylic acids is 1. The van der Waals surface area contributed by atoms with Gasteiger partial charge in [0, 0.05) is 12.0 Å². The first-order valence-corrected chi connectivity index (χ1v) is 8.23. The lowest BCUT2D eigenvalue weighted by Crippen LogP contribution is -2.21. The van der Waals surface area contributed by atoms with Gasteiger partial charge in [-0.3, -0.25) is 4.79 Å². The maximum Gasteiger partial charge on any atom is 0.240 e. The fraction of sp³-hybridized carbons (Fsp3) is 0.385. The minimum atomic E-state index is -2.99. The summed E-state index contributed by atoms with van der Waals surface area (Å²) in [6.07, 6.45) is 1.80. The number of phenolic OH excluding ortho intramolecular Hbond substituents is 2. The summed E-state index contributed by atoms with van der Waals surface area (Å²) in [4.78, 5) is 11.6. The zero-order valence-electron chi connectivity index (χ0n) is 11.2. The summed E-state index contributed by atoms with van der Waals surface area (Å²) < 4.78 is 22.6. The first-order chi connectivity index (χ1) is 9.87. The Bertz CT molecular complexity index is 669. The summed E-state index contributed by atoms with van der Waals surface area (Å²) in [6, 6.07) is 4.38. The van der Waals surface area contributed by atoms with Crippen LogP contribution in [0.2, 0.25) is 0 Å². The third-order valence-corrected chi connectivity index (χ3v) is 5.08. The van der Waals surface area contributed by atoms with Gasteiger partial charge in [-0.15, -0.1) is 0 Å². The van der Waals surface area contributed by atoms with E-state index in [4.69, 9.17) is 0 Å². The molecule has 8 heteroatoms. The average Bonchev–Trinajstić information content (AvgIpc) is 2.74. The number of nitrogens with zero attached hydrogens (tertiary/aromatic N) is 1. The van der Waals surface area contributed by atoms with Gasteiger partial charge in [0.1, 0.15) is 0 Å². The van der Waals surface area contributed by atoms with Crippen molar-refractivity contribution < 1.29 is 23.4 Å². The molecule has 1 saturated heterocycles. The zero-order valence-corrected chi connectivity index (χ0v) is 12.0. The Morgan fingerprint density at radius 1 is 1.43 bits per heavy atom. The average molecular weight is 312 g/mol. The van der Waals surface area contributed by atoms with Crippen molar-refractivity contribution >= 4 is 22.0 Å². The van der Waals surface area contributed by atoms with E-state index in [0.717, 1.165) is 0 Å². The minimum absolute atomic E-state index is 0.0392. The number of benzene rings is 1. The number of hydrogen-bond donors (Lipinski definition) is 3. The number of carbonyl (C=O) groups is 1. The second-order valence-corrected chi connectivity index (χ2v) is 7.21. The molecule has 0 radical (unpaired) electrons. The number of hydrazone groups is 1. The number of aromatic hydroxyl groups is 2. The van der Waals surface area contributed by atoms with Crippen molar-refractivity contribution in [2.45, 2.75) is 12.8 Å². The Balaban J connectivity index is 1.87. The van der Waals surface area contributed by atoms with Crippen LogP contribution in [0.1, 0.15) is 18.4 Å². The standard InChI is InChI=1S/C13H16N2O5S/c16-11-3-1-2-10(13(11)18)7-14-15-12(17)6-9-4-5-21(19,20)8-9/h1-3,7,9,16,18H,4-6,8H2,(H,15,17)/b14-7+/t9-/m1/s1. The monoisotopic (exact) mass is 312 g/mol. The summed E-state index contributed by atoms with van der Waals surface area (Å²) in [5.74, 6) is -0.978. The molecule has 0 aliphatic carbocycles. The molecule has 1 aromatic carbocycles. The zero-order chi connectivity index (χ0) is 15.5. The minimum Gasteiger partial charge on any atom is -0.504 e. The van der Waals surface area contributed by atoms with Crippen LogP contribution in [0.4, 0.5) is 0 Å². The molecule has 114 valence electrons. The lowest BCUT2D eigenvalue weighted by Gasteiger charge is -2.05. The fourth-order valence-electron chi connectivity index (χ4n) is 2.17. The highest BCUT2D eigenvalue weighted by atomic mass is 32.2. The molecular weight excluding hydrogens is 296 g/mol. The van der Waals surface area contributed by atoms with Crippen molar-refractivity contribution in [3.8, 4) is 11.5 Å². The summed E-state index contributed by atoms with van der Waals surface area (Å²) in [6.45, 7) is 0. The Morgan fingerprint density at radius 2 is 2.19 bits per heavy atom. The normalized spacial score (nSPS) is 20.7. The van der Waals surface area contributed by atoms with Gasteiger partial charge < -0.3 is 10.2 Å². The highest BCUT2D eigenvalue weighted by Crippen LogP contribution is 2.26. The van der Waals surface area contributed by atoms with E-state index in [1.807, 2.05) is 0 Å². The van der Waals surface area contributed by atoms with E-state index in [0.29, 0.717) is 6.42 Å². The summed E-state index contributed by atoms with van der Waals surface area (Å²) in [5, 5.41) is 22.5. The van der Waals surface area contributed by atoms with Crippen LogP contribution in [0.25, 0.3) is 0 Å². The molecule has 1 aromatic rings. The van der Waals surface area contributed by atoms with Crippen LogP contribution in [0.3, 0.4) is 0 Å². The van der Waals surface area contributed by atoms with Crippen LogP contribution in [-0.2, 0) is 14.6 Å². The molecule has 1 aliphatic heterocycles. The van der Waals surface area contributed by atoms with E-state index in [1.165, 1.54) is 24.4 Å². The van der Waals surface area contributed by atoms with Crippen LogP contribution in [0, 0.1) is 5.92 Å². The molecule has 2 rings (SSSR count). The van der Waals surface area contributed by atoms with Gasteiger partial charge in [-0.2, -0.15) is 5.10 Å². The molecule has 1 atom stereocenters. The first-order valence-electron chi connectivity index (χ1n) is 6.40. The van der Waals surface area contributed by atoms with E-state index in [9.17, 15) is 23.4 Å². The predicted octanol–water partition coefficient (Wildman–Crippen LogP) is 0.373. The van der Waals surface area contributed by atoms with E-state index in [2.05, 4.69) is 10.5 Å². The van der Waals surface area contributed by atoms with E-state index in [1.54, 1.807) is 0 Å². The van der Waals surface area contributed by atoms with Crippen molar-refractivity contribution in [2.24, 2.45) is 11.0 Å². The second kappa shape index (κ2) is 6.13. The molecule has 1 amide bonds. The number of para-hydroxylation sites is 1. The van der Waals surface area contributed by atoms with Crippen molar-refractivity contribution in [1.82, 2.24) is 5.43 Å². The number of hydrogen-bond acceptors (Lipinski definition) is 6. The van der Waals surface area contributed by atoms with Gasteiger partial charge >= 0.3 is 0 Å². The second-order valence-electron chi connectivity index (χ2n) is 4.98. The molecule has 3 N–H and O–H groups in total. The largest absolute Gasteiger partial charge is 0.504 e. The Hall–Kier alpha value is -2.09. The van der Waals surface area contributed by atoms with Crippen LogP contribution in [0.15, 0.2) is 23.3 Å². The maximum absolute atomic E-state index is 11.6. The predicted molar refractivity (Wildman–Crippen MR) is 76.9 cm³/mol. The van der Waals surface area contributed by atoms with Crippen molar-refractivity contribution in [3.63, 3.8) is 0 Å². The highest BCUT2D eigenvalue weighted by molar-refractivity contribution is 7.91. The van der Waals surface area contributed by atoms with E-state index in [-0.39, 0.29) is 46.8 Å². The number of amides is 1. The molecule has 0 saturated carbocycles. The number of phenols is 2. The molecule has 7 nitrogen and oxygen atoms in total. The van der Waals surface area contributed by atoms with Crippen LogP contribution in [-0.4, -0.2) is 42.3 Å². The van der Waals surface area contributed by atoms with Gasteiger partial charge in [-0.1, -0.05) is 6.07 Å². The van der Waals surface area contributed by atoms with E-state index < -0.39 is 9.84 Å². The maximum atomic E-state index is 11.6. The van der Waals surface area contributed by atoms with Gasteiger partial charge in [0.2, 0.25) is 5.91 Å². The molecule has 1 aliphatic rings. The Morgan fingerprint density at radius 3 is 2.86 bits per heavy atom. The van der Waals surface area contributed by atoms with Gasteiger partial charge in [-0.25, -0.2) is 13.8 Å². The third-order valence-electron chi connectivity index (χ3n) is 3.24. The van der Waals surface area contributed by atoms with Gasteiger partial charge in [0.15, 0.2) is 21.3 Å². The van der Waals surface area contributed by atoms with Crippen molar-refractivity contribution in [2.75, 3.05) is 11.5 Å². The molecule has 1 fully saturated rings. The number of sulfone groups is 1. The Labute approximate surface area is 122 Å². The fourth-order valence-corrected chi connectivity index (χ4v) is 4.03. The topological polar surface area (TPSA) is 116 Å².